The molecule has 0 saturated heterocycles. The quantitative estimate of drug-likeness (QED) is 0.719. The smallest absolute Gasteiger partial charge is 0.253 e. The Hall–Kier alpha value is -2.53. The van der Waals surface area contributed by atoms with Crippen LogP contribution in [0, 0.1) is 0 Å². The third-order valence-electron chi connectivity index (χ3n) is 3.84. The first-order valence-electron chi connectivity index (χ1n) is 7.81. The van der Waals surface area contributed by atoms with E-state index in [9.17, 15) is 4.79 Å². The van der Waals surface area contributed by atoms with Gasteiger partial charge in [0.25, 0.3) is 5.91 Å². The highest BCUT2D eigenvalue weighted by Gasteiger charge is 2.12. The Morgan fingerprint density at radius 2 is 2.08 bits per heavy atom. The molecule has 0 bridgehead atoms. The van der Waals surface area contributed by atoms with Crippen molar-refractivity contribution in [2.75, 3.05) is 14.1 Å². The Morgan fingerprint density at radius 1 is 1.25 bits per heavy atom. The first-order chi connectivity index (χ1) is 11.6. The maximum Gasteiger partial charge on any atom is 0.253 e. The van der Waals surface area contributed by atoms with Crippen molar-refractivity contribution < 1.29 is 4.79 Å². The van der Waals surface area contributed by atoms with Gasteiger partial charge in [0, 0.05) is 48.6 Å². The van der Waals surface area contributed by atoms with Crippen LogP contribution in [0.15, 0.2) is 48.1 Å². The Labute approximate surface area is 145 Å². The predicted octanol–water partition coefficient (Wildman–Crippen LogP) is 4.14. The predicted molar refractivity (Wildman–Crippen MR) is 98.2 cm³/mol. The van der Waals surface area contributed by atoms with Crippen LogP contribution in [0.3, 0.4) is 0 Å². The van der Waals surface area contributed by atoms with E-state index < -0.39 is 0 Å². The van der Waals surface area contributed by atoms with Gasteiger partial charge in [0.2, 0.25) is 0 Å². The number of hydrogen-bond donors (Lipinski definition) is 0. The van der Waals surface area contributed by atoms with Crippen LogP contribution in [0.1, 0.15) is 22.8 Å². The third-order valence-corrected chi connectivity index (χ3v) is 4.73. The van der Waals surface area contributed by atoms with Gasteiger partial charge in [-0.05, 0) is 30.2 Å². The normalized spacial score (nSPS) is 10.6. The van der Waals surface area contributed by atoms with Crippen LogP contribution in [-0.2, 0) is 6.42 Å². The van der Waals surface area contributed by atoms with E-state index >= 15 is 0 Å². The molecule has 122 valence electrons. The summed E-state index contributed by atoms with van der Waals surface area (Å²) in [7, 11) is 3.51. The van der Waals surface area contributed by atoms with Crippen LogP contribution < -0.4 is 0 Å². The van der Waals surface area contributed by atoms with Crippen molar-refractivity contribution in [2.24, 2.45) is 0 Å². The molecule has 0 aliphatic rings. The lowest BCUT2D eigenvalue weighted by Gasteiger charge is -2.10. The van der Waals surface area contributed by atoms with Gasteiger partial charge in [-0.2, -0.15) is 0 Å². The molecule has 0 aliphatic heterocycles. The maximum atomic E-state index is 12.1. The standard InChI is InChI=1S/C19H19N3OS/c1-4-13-8-9-20-11-16(13)17-12-24-18(21-17)14-6-5-7-15(10-14)19(23)22(2)3/h5-12H,4H2,1-3H3. The average Bonchev–Trinajstić information content (AvgIpc) is 3.11. The number of aryl methyl sites for hydroxylation is 1. The van der Waals surface area contributed by atoms with Crippen molar-refractivity contribution in [1.29, 1.82) is 0 Å². The largest absolute Gasteiger partial charge is 0.345 e. The van der Waals surface area contributed by atoms with Crippen LogP contribution in [0.5, 0.6) is 0 Å². The molecule has 0 fully saturated rings. The number of pyridine rings is 1. The van der Waals surface area contributed by atoms with E-state index in [1.54, 1.807) is 30.3 Å². The van der Waals surface area contributed by atoms with Gasteiger partial charge in [-0.1, -0.05) is 19.1 Å². The third kappa shape index (κ3) is 3.21. The fourth-order valence-electron chi connectivity index (χ4n) is 2.54. The molecule has 0 radical (unpaired) electrons. The molecular formula is C19H19N3OS. The summed E-state index contributed by atoms with van der Waals surface area (Å²) < 4.78 is 0. The first-order valence-corrected chi connectivity index (χ1v) is 8.69. The summed E-state index contributed by atoms with van der Waals surface area (Å²) in [6.45, 7) is 2.13. The fourth-order valence-corrected chi connectivity index (χ4v) is 3.35. The maximum absolute atomic E-state index is 12.1. The van der Waals surface area contributed by atoms with E-state index in [1.165, 1.54) is 5.56 Å². The van der Waals surface area contributed by atoms with E-state index in [0.717, 1.165) is 28.2 Å². The van der Waals surface area contributed by atoms with Crippen molar-refractivity contribution in [3.8, 4) is 21.8 Å². The Bertz CT molecular complexity index is 870. The van der Waals surface area contributed by atoms with Crippen LogP contribution >= 0.6 is 11.3 Å². The number of benzene rings is 1. The first kappa shape index (κ1) is 16.3. The second-order valence-electron chi connectivity index (χ2n) is 5.70. The SMILES string of the molecule is CCc1ccncc1-c1csc(-c2cccc(C(=O)N(C)C)c2)n1. The highest BCUT2D eigenvalue weighted by Crippen LogP contribution is 2.30. The second-order valence-corrected chi connectivity index (χ2v) is 6.56. The molecule has 2 aromatic heterocycles. The number of amides is 1. The summed E-state index contributed by atoms with van der Waals surface area (Å²) in [6, 6.07) is 9.64. The van der Waals surface area contributed by atoms with Crippen molar-refractivity contribution in [3.63, 3.8) is 0 Å². The van der Waals surface area contributed by atoms with Crippen LogP contribution in [0.2, 0.25) is 0 Å². The van der Waals surface area contributed by atoms with Gasteiger partial charge in [-0.25, -0.2) is 4.98 Å². The lowest BCUT2D eigenvalue weighted by molar-refractivity contribution is 0.0827. The zero-order chi connectivity index (χ0) is 17.1. The summed E-state index contributed by atoms with van der Waals surface area (Å²) in [6.07, 6.45) is 4.62. The molecule has 0 unspecified atom stereocenters. The molecule has 3 rings (SSSR count). The molecule has 0 saturated carbocycles. The molecule has 5 heteroatoms. The monoisotopic (exact) mass is 337 g/mol. The zero-order valence-electron chi connectivity index (χ0n) is 14.0. The van der Waals surface area contributed by atoms with Crippen molar-refractivity contribution in [1.82, 2.24) is 14.9 Å². The minimum atomic E-state index is -0.00541. The number of aromatic nitrogens is 2. The molecule has 1 aromatic carbocycles. The van der Waals surface area contributed by atoms with E-state index in [2.05, 4.69) is 11.9 Å². The van der Waals surface area contributed by atoms with E-state index in [0.29, 0.717) is 5.56 Å². The van der Waals surface area contributed by atoms with E-state index in [-0.39, 0.29) is 5.91 Å². The fraction of sp³-hybridized carbons (Fsp3) is 0.211. The lowest BCUT2D eigenvalue weighted by Crippen LogP contribution is -2.21. The van der Waals surface area contributed by atoms with Crippen LogP contribution in [0.4, 0.5) is 0 Å². The number of nitrogens with zero attached hydrogens (tertiary/aromatic N) is 3. The molecule has 0 spiro atoms. The molecule has 4 nitrogen and oxygen atoms in total. The zero-order valence-corrected chi connectivity index (χ0v) is 14.8. The number of carbonyl (C=O) groups is 1. The molecule has 0 atom stereocenters. The molecular weight excluding hydrogens is 318 g/mol. The second kappa shape index (κ2) is 6.93. The molecule has 3 aromatic rings. The number of hydrogen-bond acceptors (Lipinski definition) is 4. The van der Waals surface area contributed by atoms with Gasteiger partial charge in [0.15, 0.2) is 0 Å². The number of thiazole rings is 1. The Kier molecular flexibility index (Phi) is 4.71. The van der Waals surface area contributed by atoms with Crippen molar-refractivity contribution in [2.45, 2.75) is 13.3 Å². The minimum absolute atomic E-state index is 0.00541. The van der Waals surface area contributed by atoms with E-state index in [4.69, 9.17) is 4.98 Å². The highest BCUT2D eigenvalue weighted by molar-refractivity contribution is 7.13. The molecule has 2 heterocycles. The van der Waals surface area contributed by atoms with Crippen LogP contribution in [-0.4, -0.2) is 34.9 Å². The Morgan fingerprint density at radius 3 is 2.83 bits per heavy atom. The average molecular weight is 337 g/mol. The summed E-state index contributed by atoms with van der Waals surface area (Å²) in [5, 5.41) is 2.95. The summed E-state index contributed by atoms with van der Waals surface area (Å²) in [4.78, 5) is 22.7. The van der Waals surface area contributed by atoms with E-state index in [1.807, 2.05) is 48.1 Å². The van der Waals surface area contributed by atoms with Crippen molar-refractivity contribution in [3.05, 3.63) is 59.2 Å². The number of carbonyl (C=O) groups excluding carboxylic acids is 1. The van der Waals surface area contributed by atoms with Gasteiger partial charge < -0.3 is 4.90 Å². The summed E-state index contributed by atoms with van der Waals surface area (Å²) >= 11 is 1.58. The summed E-state index contributed by atoms with van der Waals surface area (Å²) in [5.41, 5.74) is 4.87. The lowest BCUT2D eigenvalue weighted by atomic mass is 10.1. The van der Waals surface area contributed by atoms with Gasteiger partial charge in [-0.15, -0.1) is 11.3 Å². The van der Waals surface area contributed by atoms with Gasteiger partial charge in [-0.3, -0.25) is 9.78 Å². The Balaban J connectivity index is 1.97. The minimum Gasteiger partial charge on any atom is -0.345 e. The molecule has 1 amide bonds. The topological polar surface area (TPSA) is 46.1 Å². The van der Waals surface area contributed by atoms with Crippen LogP contribution in [0.25, 0.3) is 21.8 Å². The van der Waals surface area contributed by atoms with Gasteiger partial charge >= 0.3 is 0 Å². The molecule has 0 aliphatic carbocycles. The van der Waals surface area contributed by atoms with Gasteiger partial charge in [0.05, 0.1) is 5.69 Å². The highest BCUT2D eigenvalue weighted by atomic mass is 32.1. The molecule has 0 N–H and O–H groups in total. The van der Waals surface area contributed by atoms with Crippen molar-refractivity contribution >= 4 is 17.2 Å². The molecule has 24 heavy (non-hydrogen) atoms. The number of rotatable bonds is 4. The van der Waals surface area contributed by atoms with Gasteiger partial charge in [0.1, 0.15) is 5.01 Å². The summed E-state index contributed by atoms with van der Waals surface area (Å²) in [5.74, 6) is -0.00541.